The van der Waals surface area contributed by atoms with Gasteiger partial charge in [-0.05, 0) is 27.2 Å². The lowest BCUT2D eigenvalue weighted by molar-refractivity contribution is -0.126. The Morgan fingerprint density at radius 1 is 1.40 bits per heavy atom. The number of rotatable bonds is 4. The molecule has 0 unspecified atom stereocenters. The number of nitrogens with zero attached hydrogens (tertiary/aromatic N) is 3. The molecule has 0 saturated carbocycles. The third-order valence-corrected chi connectivity index (χ3v) is 3.73. The fourth-order valence-electron chi connectivity index (χ4n) is 2.55. The third-order valence-electron chi connectivity index (χ3n) is 3.73. The highest BCUT2D eigenvalue weighted by molar-refractivity contribution is 5.90. The van der Waals surface area contributed by atoms with Crippen molar-refractivity contribution in [3.63, 3.8) is 0 Å². The largest absolute Gasteiger partial charge is 0.370 e. The first-order valence-electron chi connectivity index (χ1n) is 7.16. The van der Waals surface area contributed by atoms with Crippen LogP contribution in [-0.4, -0.2) is 41.0 Å². The molecule has 6 heteroatoms. The molecule has 1 aromatic heterocycles. The van der Waals surface area contributed by atoms with Gasteiger partial charge in [0.1, 0.15) is 23.5 Å². The third kappa shape index (κ3) is 2.42. The molecular weight excluding hydrogens is 254 g/mol. The van der Waals surface area contributed by atoms with Crippen molar-refractivity contribution in [3.05, 3.63) is 11.9 Å². The minimum absolute atomic E-state index is 0.0365. The summed E-state index contributed by atoms with van der Waals surface area (Å²) in [5, 5.41) is 6.18. The van der Waals surface area contributed by atoms with E-state index in [1.165, 1.54) is 0 Å². The van der Waals surface area contributed by atoms with E-state index in [-0.39, 0.29) is 5.91 Å². The zero-order valence-electron chi connectivity index (χ0n) is 12.7. The summed E-state index contributed by atoms with van der Waals surface area (Å²) in [5.74, 6) is 1.76. The summed E-state index contributed by atoms with van der Waals surface area (Å²) >= 11 is 0. The Morgan fingerprint density at radius 2 is 2.15 bits per heavy atom. The van der Waals surface area contributed by atoms with Crippen molar-refractivity contribution in [2.24, 2.45) is 0 Å². The predicted octanol–water partition coefficient (Wildman–Crippen LogP) is 1.19. The van der Waals surface area contributed by atoms with Crippen LogP contribution >= 0.6 is 0 Å². The topological polar surface area (TPSA) is 70.2 Å². The molecule has 2 N–H and O–H groups in total. The fraction of sp³-hybridized carbons (Fsp3) is 0.643. The molecule has 20 heavy (non-hydrogen) atoms. The summed E-state index contributed by atoms with van der Waals surface area (Å²) in [7, 11) is 0. The zero-order chi connectivity index (χ0) is 14.8. The van der Waals surface area contributed by atoms with Crippen LogP contribution in [0.1, 0.15) is 33.3 Å². The molecule has 2 heterocycles. The first-order chi connectivity index (χ1) is 9.52. The smallest absolute Gasteiger partial charge is 0.245 e. The molecule has 1 aliphatic heterocycles. The van der Waals surface area contributed by atoms with Gasteiger partial charge in [0.2, 0.25) is 5.91 Å². The summed E-state index contributed by atoms with van der Waals surface area (Å²) in [6.45, 7) is 10.2. The van der Waals surface area contributed by atoms with E-state index in [1.54, 1.807) is 6.33 Å². The first-order valence-corrected chi connectivity index (χ1v) is 7.16. The molecule has 0 aliphatic carbocycles. The number of anilines is 2. The highest BCUT2D eigenvalue weighted by Crippen LogP contribution is 2.30. The Hall–Kier alpha value is -1.85. The van der Waals surface area contributed by atoms with E-state index in [2.05, 4.69) is 32.4 Å². The second-order valence-electron chi connectivity index (χ2n) is 5.37. The molecule has 6 nitrogen and oxygen atoms in total. The van der Waals surface area contributed by atoms with Crippen molar-refractivity contribution in [1.82, 2.24) is 15.3 Å². The van der Waals surface area contributed by atoms with Gasteiger partial charge in [0.25, 0.3) is 0 Å². The van der Waals surface area contributed by atoms with Crippen LogP contribution in [0.5, 0.6) is 0 Å². The van der Waals surface area contributed by atoms with Crippen molar-refractivity contribution < 1.29 is 4.79 Å². The minimum atomic E-state index is -0.597. The number of nitrogens with one attached hydrogen (secondary N) is 2. The van der Waals surface area contributed by atoms with Crippen LogP contribution in [0.15, 0.2) is 6.33 Å². The van der Waals surface area contributed by atoms with Gasteiger partial charge >= 0.3 is 0 Å². The molecule has 0 bridgehead atoms. The summed E-state index contributed by atoms with van der Waals surface area (Å²) < 4.78 is 0. The normalized spacial score (nSPS) is 17.8. The van der Waals surface area contributed by atoms with Gasteiger partial charge in [0.05, 0.1) is 0 Å². The van der Waals surface area contributed by atoms with Crippen LogP contribution in [0.3, 0.4) is 0 Å². The SMILES string of the molecule is CCNc1ncnc(N2CCNC(=O)C2(C)C)c1CC. The number of amides is 1. The molecule has 2 rings (SSSR count). The fourth-order valence-corrected chi connectivity index (χ4v) is 2.55. The maximum Gasteiger partial charge on any atom is 0.245 e. The summed E-state index contributed by atoms with van der Waals surface area (Å²) in [6.07, 6.45) is 2.39. The molecule has 1 aliphatic rings. The van der Waals surface area contributed by atoms with E-state index in [0.717, 1.165) is 36.7 Å². The van der Waals surface area contributed by atoms with Crippen LogP contribution in [-0.2, 0) is 11.2 Å². The quantitative estimate of drug-likeness (QED) is 0.865. The van der Waals surface area contributed by atoms with E-state index in [0.29, 0.717) is 6.54 Å². The van der Waals surface area contributed by atoms with Gasteiger partial charge in [-0.25, -0.2) is 9.97 Å². The maximum absolute atomic E-state index is 12.1. The van der Waals surface area contributed by atoms with E-state index in [4.69, 9.17) is 0 Å². The van der Waals surface area contributed by atoms with Crippen molar-refractivity contribution >= 4 is 17.5 Å². The average molecular weight is 277 g/mol. The minimum Gasteiger partial charge on any atom is -0.370 e. The van der Waals surface area contributed by atoms with Gasteiger partial charge in [-0.3, -0.25) is 4.79 Å². The Balaban J connectivity index is 2.46. The van der Waals surface area contributed by atoms with Gasteiger partial charge in [0.15, 0.2) is 0 Å². The molecule has 1 aromatic rings. The number of carbonyl (C=O) groups excluding carboxylic acids is 1. The summed E-state index contributed by atoms with van der Waals surface area (Å²) in [6, 6.07) is 0. The lowest BCUT2D eigenvalue weighted by Gasteiger charge is -2.42. The Morgan fingerprint density at radius 3 is 2.80 bits per heavy atom. The van der Waals surface area contributed by atoms with Gasteiger partial charge in [-0.15, -0.1) is 0 Å². The average Bonchev–Trinajstić information content (AvgIpc) is 2.42. The number of aromatic nitrogens is 2. The first kappa shape index (κ1) is 14.6. The predicted molar refractivity (Wildman–Crippen MR) is 80.0 cm³/mol. The Bertz CT molecular complexity index is 500. The molecular formula is C14H23N5O. The molecule has 0 radical (unpaired) electrons. The van der Waals surface area contributed by atoms with E-state index >= 15 is 0 Å². The zero-order valence-corrected chi connectivity index (χ0v) is 12.7. The van der Waals surface area contributed by atoms with Gasteiger partial charge in [0, 0.05) is 25.2 Å². The molecule has 1 fully saturated rings. The lowest BCUT2D eigenvalue weighted by atomic mass is 9.98. The molecule has 0 atom stereocenters. The van der Waals surface area contributed by atoms with Crippen molar-refractivity contribution in [2.75, 3.05) is 29.9 Å². The van der Waals surface area contributed by atoms with Gasteiger partial charge in [-0.2, -0.15) is 0 Å². The van der Waals surface area contributed by atoms with Gasteiger partial charge < -0.3 is 15.5 Å². The molecule has 0 spiro atoms. The monoisotopic (exact) mass is 277 g/mol. The van der Waals surface area contributed by atoms with Crippen molar-refractivity contribution in [1.29, 1.82) is 0 Å². The highest BCUT2D eigenvalue weighted by Gasteiger charge is 2.39. The maximum atomic E-state index is 12.1. The molecule has 1 amide bonds. The molecule has 0 aromatic carbocycles. The second kappa shape index (κ2) is 5.64. The number of hydrogen-bond donors (Lipinski definition) is 2. The summed E-state index contributed by atoms with van der Waals surface area (Å²) in [5.41, 5.74) is 0.470. The van der Waals surface area contributed by atoms with Crippen LogP contribution in [0.2, 0.25) is 0 Å². The number of hydrogen-bond acceptors (Lipinski definition) is 5. The summed E-state index contributed by atoms with van der Waals surface area (Å²) in [4.78, 5) is 22.9. The number of carbonyl (C=O) groups is 1. The standard InChI is InChI=1S/C14H23N5O/c1-5-10-11(15-6-2)17-9-18-12(10)19-8-7-16-13(20)14(19,3)4/h9H,5-8H2,1-4H3,(H,16,20)(H,15,17,18). The Labute approximate surface area is 120 Å². The van der Waals surface area contributed by atoms with E-state index in [9.17, 15) is 4.79 Å². The van der Waals surface area contributed by atoms with Crippen LogP contribution < -0.4 is 15.5 Å². The van der Waals surface area contributed by atoms with E-state index < -0.39 is 5.54 Å². The Kier molecular flexibility index (Phi) is 4.11. The number of piperazine rings is 1. The van der Waals surface area contributed by atoms with Crippen LogP contribution in [0, 0.1) is 0 Å². The molecule has 1 saturated heterocycles. The van der Waals surface area contributed by atoms with E-state index in [1.807, 2.05) is 20.8 Å². The second-order valence-corrected chi connectivity index (χ2v) is 5.37. The van der Waals surface area contributed by atoms with Crippen LogP contribution in [0.25, 0.3) is 0 Å². The lowest BCUT2D eigenvalue weighted by Crippen LogP contribution is -2.62. The molecule has 110 valence electrons. The van der Waals surface area contributed by atoms with Crippen molar-refractivity contribution in [2.45, 2.75) is 39.7 Å². The van der Waals surface area contributed by atoms with Crippen LogP contribution in [0.4, 0.5) is 11.6 Å². The highest BCUT2D eigenvalue weighted by atomic mass is 16.2. The van der Waals surface area contributed by atoms with Gasteiger partial charge in [-0.1, -0.05) is 6.92 Å². The van der Waals surface area contributed by atoms with Crippen molar-refractivity contribution in [3.8, 4) is 0 Å².